The van der Waals surface area contributed by atoms with Crippen molar-refractivity contribution < 1.29 is 33.1 Å². The number of fused-ring (bicyclic) bond motifs is 1. The smallest absolute Gasteiger partial charge is 0.345 e. The molecule has 0 aliphatic carbocycles. The minimum absolute atomic E-state index is 0.165. The fourth-order valence-electron chi connectivity index (χ4n) is 2.65. The van der Waals surface area contributed by atoms with Gasteiger partial charge in [0.15, 0.2) is 18.1 Å². The molecule has 29 heavy (non-hydrogen) atoms. The van der Waals surface area contributed by atoms with Crippen LogP contribution >= 0.6 is 0 Å². The molecule has 0 saturated heterocycles. The van der Waals surface area contributed by atoms with Gasteiger partial charge in [-0.05, 0) is 24.1 Å². The summed E-state index contributed by atoms with van der Waals surface area (Å²) in [5.74, 6) is -1.59. The van der Waals surface area contributed by atoms with Crippen molar-refractivity contribution in [3.63, 3.8) is 0 Å². The average molecular weight is 404 g/mol. The van der Waals surface area contributed by atoms with Crippen molar-refractivity contribution in [2.24, 2.45) is 0 Å². The first-order valence-corrected chi connectivity index (χ1v) is 8.70. The predicted octanol–water partition coefficient (Wildman–Crippen LogP) is 2.02. The van der Waals surface area contributed by atoms with E-state index in [1.165, 1.54) is 18.2 Å². The quantitative estimate of drug-likeness (QED) is 0.426. The van der Waals surface area contributed by atoms with Crippen molar-refractivity contribution in [1.29, 1.82) is 0 Å². The summed E-state index contributed by atoms with van der Waals surface area (Å²) in [7, 11) is 0. The maximum absolute atomic E-state index is 12.8. The molecule has 2 aromatic rings. The topological polar surface area (TPSA) is 117 Å². The number of benzene rings is 2. The molecule has 0 radical (unpaired) electrons. The molecular weight excluding hydrogens is 387 g/mol. The predicted molar refractivity (Wildman–Crippen MR) is 97.5 cm³/mol. The molecule has 1 N–H and O–H groups in total. The zero-order valence-corrected chi connectivity index (χ0v) is 15.2. The van der Waals surface area contributed by atoms with E-state index in [1.54, 1.807) is 12.1 Å². The van der Waals surface area contributed by atoms with Gasteiger partial charge in [0, 0.05) is 12.6 Å². The monoisotopic (exact) mass is 404 g/mol. The number of amides is 1. The van der Waals surface area contributed by atoms with Crippen LogP contribution < -0.4 is 14.8 Å². The van der Waals surface area contributed by atoms with Gasteiger partial charge < -0.3 is 19.5 Å². The summed E-state index contributed by atoms with van der Waals surface area (Å²) in [4.78, 5) is 34.6. The molecule has 1 aliphatic rings. The maximum atomic E-state index is 12.8. The molecule has 0 bridgehead atoms. The number of nitro benzene ring substituents is 1. The molecule has 1 amide bonds. The van der Waals surface area contributed by atoms with Crippen LogP contribution in [-0.2, 0) is 16.0 Å². The van der Waals surface area contributed by atoms with Crippen molar-refractivity contribution in [2.75, 3.05) is 26.4 Å². The molecule has 3 rings (SSSR count). The van der Waals surface area contributed by atoms with E-state index in [0.29, 0.717) is 6.42 Å². The second-order valence-electron chi connectivity index (χ2n) is 6.07. The largest absolute Gasteiger partial charge is 0.486 e. The Morgan fingerprint density at radius 2 is 1.79 bits per heavy atom. The van der Waals surface area contributed by atoms with E-state index < -0.39 is 29.1 Å². The molecule has 0 saturated carbocycles. The van der Waals surface area contributed by atoms with Crippen LogP contribution in [0.25, 0.3) is 0 Å². The molecule has 2 aromatic carbocycles. The zero-order chi connectivity index (χ0) is 20.8. The molecule has 0 spiro atoms. The van der Waals surface area contributed by atoms with Crippen LogP contribution in [0.3, 0.4) is 0 Å². The van der Waals surface area contributed by atoms with Crippen LogP contribution in [0, 0.1) is 15.9 Å². The number of esters is 1. The molecule has 0 fully saturated rings. The summed E-state index contributed by atoms with van der Waals surface area (Å²) in [6, 6.07) is 8.10. The lowest BCUT2D eigenvalue weighted by molar-refractivity contribution is -0.385. The van der Waals surface area contributed by atoms with Gasteiger partial charge in [0.05, 0.1) is 11.0 Å². The summed E-state index contributed by atoms with van der Waals surface area (Å²) in [6.07, 6.45) is 0.466. The fourth-order valence-corrected chi connectivity index (χ4v) is 2.65. The lowest BCUT2D eigenvalue weighted by Gasteiger charge is -2.18. The molecule has 10 heteroatoms. The summed E-state index contributed by atoms with van der Waals surface area (Å²) in [5.41, 5.74) is -0.00933. The van der Waals surface area contributed by atoms with Gasteiger partial charge >= 0.3 is 5.97 Å². The van der Waals surface area contributed by atoms with Crippen molar-refractivity contribution >= 4 is 17.6 Å². The lowest BCUT2D eigenvalue weighted by atomic mass is 10.1. The number of nitrogens with one attached hydrogen (secondary N) is 1. The maximum Gasteiger partial charge on any atom is 0.345 e. The molecule has 152 valence electrons. The summed E-state index contributed by atoms with van der Waals surface area (Å²) in [6.45, 7) is 0.141. The SMILES string of the molecule is O=C(COC(=O)c1cc2c(cc1[N+](=O)[O-])OCCO2)NCCc1ccc(F)cc1. The van der Waals surface area contributed by atoms with Crippen LogP contribution in [0.15, 0.2) is 36.4 Å². The minimum Gasteiger partial charge on any atom is -0.486 e. The highest BCUT2D eigenvalue weighted by molar-refractivity contribution is 5.96. The van der Waals surface area contributed by atoms with E-state index in [4.69, 9.17) is 14.2 Å². The number of rotatable bonds is 7. The number of halogens is 1. The highest BCUT2D eigenvalue weighted by Gasteiger charge is 2.27. The van der Waals surface area contributed by atoms with Crippen molar-refractivity contribution in [3.05, 3.63) is 63.5 Å². The van der Waals surface area contributed by atoms with E-state index in [9.17, 15) is 24.1 Å². The Balaban J connectivity index is 1.55. The van der Waals surface area contributed by atoms with Crippen molar-refractivity contribution in [2.45, 2.75) is 6.42 Å². The number of carbonyl (C=O) groups excluding carboxylic acids is 2. The van der Waals surface area contributed by atoms with Crippen LogP contribution in [0.5, 0.6) is 11.5 Å². The normalized spacial score (nSPS) is 12.2. The van der Waals surface area contributed by atoms with Crippen molar-refractivity contribution in [3.8, 4) is 11.5 Å². The van der Waals surface area contributed by atoms with E-state index in [1.807, 2.05) is 0 Å². The van der Waals surface area contributed by atoms with Gasteiger partial charge in [0.25, 0.3) is 11.6 Å². The summed E-state index contributed by atoms with van der Waals surface area (Å²) >= 11 is 0. The minimum atomic E-state index is -1.03. The third-order valence-corrected chi connectivity index (χ3v) is 4.06. The van der Waals surface area contributed by atoms with Gasteiger partial charge in [-0.15, -0.1) is 0 Å². The first-order valence-electron chi connectivity index (χ1n) is 8.70. The van der Waals surface area contributed by atoms with E-state index in [0.717, 1.165) is 11.6 Å². The molecule has 1 aliphatic heterocycles. The number of nitro groups is 1. The van der Waals surface area contributed by atoms with Gasteiger partial charge in [0.2, 0.25) is 0 Å². The molecule has 9 nitrogen and oxygen atoms in total. The average Bonchev–Trinajstić information content (AvgIpc) is 2.72. The Hall–Kier alpha value is -3.69. The highest BCUT2D eigenvalue weighted by atomic mass is 19.1. The lowest BCUT2D eigenvalue weighted by Crippen LogP contribution is -2.30. The number of carbonyl (C=O) groups is 2. The molecule has 0 unspecified atom stereocenters. The standard InChI is InChI=1S/C19H17FN2O7/c20-13-3-1-12(2-4-13)5-6-21-18(23)11-29-19(24)14-9-16-17(28-8-7-27-16)10-15(14)22(25)26/h1-4,9-10H,5-8,11H2,(H,21,23). The van der Waals surface area contributed by atoms with Crippen molar-refractivity contribution in [1.82, 2.24) is 5.32 Å². The number of hydrogen-bond donors (Lipinski definition) is 1. The molecule has 1 heterocycles. The van der Waals surface area contributed by atoms with Crippen LogP contribution in [0.1, 0.15) is 15.9 Å². The number of ether oxygens (including phenoxy) is 3. The van der Waals surface area contributed by atoms with Crippen LogP contribution in [0.4, 0.5) is 10.1 Å². The number of nitrogens with zero attached hydrogens (tertiary/aromatic N) is 1. The van der Waals surface area contributed by atoms with Gasteiger partial charge in [-0.25, -0.2) is 9.18 Å². The van der Waals surface area contributed by atoms with Gasteiger partial charge in [0.1, 0.15) is 24.6 Å². The molecule has 0 atom stereocenters. The Morgan fingerprint density at radius 3 is 2.45 bits per heavy atom. The first kappa shape index (κ1) is 20.1. The second kappa shape index (κ2) is 9.00. The number of hydrogen-bond acceptors (Lipinski definition) is 7. The first-order chi connectivity index (χ1) is 13.9. The molecular formula is C19H17FN2O7. The van der Waals surface area contributed by atoms with Gasteiger partial charge in [-0.2, -0.15) is 0 Å². The summed E-state index contributed by atoms with van der Waals surface area (Å²) in [5, 5.41) is 13.8. The van der Waals surface area contributed by atoms with E-state index in [-0.39, 0.29) is 42.6 Å². The van der Waals surface area contributed by atoms with Crippen LogP contribution in [0.2, 0.25) is 0 Å². The summed E-state index contributed by atoms with van der Waals surface area (Å²) < 4.78 is 28.3. The highest BCUT2D eigenvalue weighted by Crippen LogP contribution is 2.36. The van der Waals surface area contributed by atoms with E-state index >= 15 is 0 Å². The Labute approximate surface area is 164 Å². The Morgan fingerprint density at radius 1 is 1.14 bits per heavy atom. The van der Waals surface area contributed by atoms with Crippen LogP contribution in [-0.4, -0.2) is 43.2 Å². The fraction of sp³-hybridized carbons (Fsp3) is 0.263. The Bertz CT molecular complexity index is 931. The third-order valence-electron chi connectivity index (χ3n) is 4.06. The van der Waals surface area contributed by atoms with E-state index in [2.05, 4.69) is 5.32 Å². The molecule has 0 aromatic heterocycles. The zero-order valence-electron chi connectivity index (χ0n) is 15.2. The van der Waals surface area contributed by atoms with Gasteiger partial charge in [-0.3, -0.25) is 14.9 Å². The third kappa shape index (κ3) is 5.18. The Kier molecular flexibility index (Phi) is 6.22. The van der Waals surface area contributed by atoms with Gasteiger partial charge in [-0.1, -0.05) is 12.1 Å². The second-order valence-corrected chi connectivity index (χ2v) is 6.07.